The molecule has 0 fully saturated rings. The third-order valence-corrected chi connectivity index (χ3v) is 3.52. The van der Waals surface area contributed by atoms with Crippen LogP contribution in [0.1, 0.15) is 5.56 Å². The second-order valence-corrected chi connectivity index (χ2v) is 5.07. The van der Waals surface area contributed by atoms with E-state index in [2.05, 4.69) is 15.9 Å². The maximum atomic E-state index is 5.83. The number of methoxy groups -OCH3 is 1. The summed E-state index contributed by atoms with van der Waals surface area (Å²) in [4.78, 5) is 0. The van der Waals surface area contributed by atoms with E-state index in [1.165, 1.54) is 0 Å². The van der Waals surface area contributed by atoms with Crippen molar-refractivity contribution in [2.24, 2.45) is 0 Å². The molecular formula is C14H20BrClO4. The first-order valence-electron chi connectivity index (χ1n) is 6.39. The summed E-state index contributed by atoms with van der Waals surface area (Å²) in [5.41, 5.74) is 1.01. The van der Waals surface area contributed by atoms with Gasteiger partial charge in [-0.15, -0.1) is 11.6 Å². The van der Waals surface area contributed by atoms with Crippen LogP contribution < -0.4 is 4.74 Å². The van der Waals surface area contributed by atoms with Crippen LogP contribution in [0.15, 0.2) is 22.7 Å². The Kier molecular flexibility index (Phi) is 10.1. The molecule has 0 atom stereocenters. The molecule has 1 aromatic carbocycles. The van der Waals surface area contributed by atoms with Crippen molar-refractivity contribution >= 4 is 27.5 Å². The van der Waals surface area contributed by atoms with Gasteiger partial charge in [0.05, 0.1) is 33.0 Å². The molecule has 1 rings (SSSR count). The maximum Gasteiger partial charge on any atom is 0.119 e. The van der Waals surface area contributed by atoms with E-state index < -0.39 is 0 Å². The summed E-state index contributed by atoms with van der Waals surface area (Å²) in [6, 6.07) is 5.75. The average Bonchev–Trinajstić information content (AvgIpc) is 2.47. The van der Waals surface area contributed by atoms with Gasteiger partial charge >= 0.3 is 0 Å². The van der Waals surface area contributed by atoms with Crippen LogP contribution in [-0.4, -0.2) is 46.8 Å². The molecule has 0 saturated carbocycles. The largest absolute Gasteiger partial charge is 0.491 e. The highest BCUT2D eigenvalue weighted by Crippen LogP contribution is 2.23. The topological polar surface area (TPSA) is 36.9 Å². The number of rotatable bonds is 11. The Bertz CT molecular complexity index is 376. The quantitative estimate of drug-likeness (QED) is 0.444. The fourth-order valence-corrected chi connectivity index (χ4v) is 2.20. The molecule has 0 radical (unpaired) electrons. The van der Waals surface area contributed by atoms with Gasteiger partial charge in [0.1, 0.15) is 12.4 Å². The zero-order valence-corrected chi connectivity index (χ0v) is 13.9. The summed E-state index contributed by atoms with van der Waals surface area (Å²) in [6.45, 7) is 3.35. The Hall–Kier alpha value is -0.330. The van der Waals surface area contributed by atoms with Crippen LogP contribution in [0.2, 0.25) is 0 Å². The molecule has 6 heteroatoms. The molecule has 0 aliphatic carbocycles. The van der Waals surface area contributed by atoms with Gasteiger partial charge in [0.2, 0.25) is 0 Å². The zero-order chi connectivity index (χ0) is 14.6. The molecule has 0 aliphatic rings. The van der Waals surface area contributed by atoms with Crippen molar-refractivity contribution in [1.82, 2.24) is 0 Å². The van der Waals surface area contributed by atoms with E-state index >= 15 is 0 Å². The molecule has 0 amide bonds. The second-order valence-electron chi connectivity index (χ2n) is 3.95. The van der Waals surface area contributed by atoms with E-state index in [1.807, 2.05) is 18.2 Å². The van der Waals surface area contributed by atoms with Crippen LogP contribution in [0, 0.1) is 0 Å². The van der Waals surface area contributed by atoms with Crippen molar-refractivity contribution in [1.29, 1.82) is 0 Å². The summed E-state index contributed by atoms with van der Waals surface area (Å²) in [7, 11) is 1.65. The number of halogens is 2. The Morgan fingerprint density at radius 3 is 2.30 bits per heavy atom. The highest BCUT2D eigenvalue weighted by molar-refractivity contribution is 9.10. The van der Waals surface area contributed by atoms with Gasteiger partial charge in [0.15, 0.2) is 0 Å². The molecule has 0 aromatic heterocycles. The van der Waals surface area contributed by atoms with Gasteiger partial charge in [0.25, 0.3) is 0 Å². The first-order chi connectivity index (χ1) is 9.77. The SMILES string of the molecule is COCCOCCOCCOc1ccc(Br)c(CCl)c1. The zero-order valence-electron chi connectivity index (χ0n) is 11.6. The third kappa shape index (κ3) is 7.45. The molecular weight excluding hydrogens is 348 g/mol. The number of benzene rings is 1. The number of hydrogen-bond acceptors (Lipinski definition) is 4. The van der Waals surface area contributed by atoms with E-state index in [4.69, 9.17) is 30.5 Å². The molecule has 0 N–H and O–H groups in total. The number of hydrogen-bond donors (Lipinski definition) is 0. The van der Waals surface area contributed by atoms with Crippen molar-refractivity contribution < 1.29 is 18.9 Å². The molecule has 0 unspecified atom stereocenters. The van der Waals surface area contributed by atoms with Crippen LogP contribution in [0.4, 0.5) is 0 Å². The lowest BCUT2D eigenvalue weighted by Gasteiger charge is -2.09. The standard InChI is InChI=1S/C14H20BrClO4/c1-17-4-5-18-6-7-19-8-9-20-13-2-3-14(15)12(10-13)11-16/h2-3,10H,4-9,11H2,1H3. The van der Waals surface area contributed by atoms with Crippen molar-refractivity contribution in [3.8, 4) is 5.75 Å². The number of ether oxygens (including phenoxy) is 4. The molecule has 0 spiro atoms. The predicted octanol–water partition coefficient (Wildman–Crippen LogP) is 3.25. The number of alkyl halides is 1. The Morgan fingerprint density at radius 2 is 1.65 bits per heavy atom. The third-order valence-electron chi connectivity index (χ3n) is 2.46. The monoisotopic (exact) mass is 366 g/mol. The van der Waals surface area contributed by atoms with Gasteiger partial charge < -0.3 is 18.9 Å². The van der Waals surface area contributed by atoms with Gasteiger partial charge in [-0.05, 0) is 23.8 Å². The lowest BCUT2D eigenvalue weighted by atomic mass is 10.2. The highest BCUT2D eigenvalue weighted by atomic mass is 79.9. The Balaban J connectivity index is 2.06. The van der Waals surface area contributed by atoms with Crippen LogP contribution in [0.3, 0.4) is 0 Å². The van der Waals surface area contributed by atoms with Gasteiger partial charge in [-0.2, -0.15) is 0 Å². The van der Waals surface area contributed by atoms with Gasteiger partial charge in [-0.1, -0.05) is 15.9 Å². The van der Waals surface area contributed by atoms with Gasteiger partial charge in [-0.3, -0.25) is 0 Å². The Morgan fingerprint density at radius 1 is 1.00 bits per heavy atom. The minimum absolute atomic E-state index is 0.451. The average molecular weight is 368 g/mol. The van der Waals surface area contributed by atoms with Crippen LogP contribution in [-0.2, 0) is 20.1 Å². The molecule has 0 bridgehead atoms. The molecule has 0 saturated heterocycles. The van der Waals surface area contributed by atoms with Crippen LogP contribution >= 0.6 is 27.5 Å². The maximum absolute atomic E-state index is 5.83. The van der Waals surface area contributed by atoms with Crippen molar-refractivity contribution in [2.75, 3.05) is 46.8 Å². The summed E-state index contributed by atoms with van der Waals surface area (Å²) < 4.78 is 22.1. The van der Waals surface area contributed by atoms with Gasteiger partial charge in [0, 0.05) is 17.5 Å². The normalized spacial score (nSPS) is 10.8. The molecule has 114 valence electrons. The van der Waals surface area contributed by atoms with E-state index in [0.717, 1.165) is 15.8 Å². The van der Waals surface area contributed by atoms with E-state index in [-0.39, 0.29) is 0 Å². The first-order valence-corrected chi connectivity index (χ1v) is 7.72. The van der Waals surface area contributed by atoms with Crippen molar-refractivity contribution in [3.63, 3.8) is 0 Å². The summed E-state index contributed by atoms with van der Waals surface area (Å²) in [5.74, 6) is 1.25. The smallest absolute Gasteiger partial charge is 0.119 e. The van der Waals surface area contributed by atoms with E-state index in [9.17, 15) is 0 Å². The van der Waals surface area contributed by atoms with Gasteiger partial charge in [-0.25, -0.2) is 0 Å². The lowest BCUT2D eigenvalue weighted by Crippen LogP contribution is -2.12. The summed E-state index contributed by atoms with van der Waals surface area (Å²) in [6.07, 6.45) is 0. The van der Waals surface area contributed by atoms with Crippen molar-refractivity contribution in [2.45, 2.75) is 5.88 Å². The second kappa shape index (κ2) is 11.3. The first kappa shape index (κ1) is 17.7. The Labute approximate surface area is 133 Å². The highest BCUT2D eigenvalue weighted by Gasteiger charge is 2.01. The predicted molar refractivity (Wildman–Crippen MR) is 82.7 cm³/mol. The van der Waals surface area contributed by atoms with Crippen LogP contribution in [0.25, 0.3) is 0 Å². The minimum atomic E-state index is 0.451. The fourth-order valence-electron chi connectivity index (χ4n) is 1.43. The molecule has 0 aliphatic heterocycles. The summed E-state index contributed by atoms with van der Waals surface area (Å²) in [5, 5.41) is 0. The minimum Gasteiger partial charge on any atom is -0.491 e. The van der Waals surface area contributed by atoms with Crippen LogP contribution in [0.5, 0.6) is 5.75 Å². The molecule has 0 heterocycles. The van der Waals surface area contributed by atoms with E-state index in [1.54, 1.807) is 7.11 Å². The summed E-state index contributed by atoms with van der Waals surface area (Å²) >= 11 is 9.26. The fraction of sp³-hybridized carbons (Fsp3) is 0.571. The molecule has 20 heavy (non-hydrogen) atoms. The lowest BCUT2D eigenvalue weighted by molar-refractivity contribution is 0.0179. The molecule has 4 nitrogen and oxygen atoms in total. The molecule has 1 aromatic rings. The van der Waals surface area contributed by atoms with E-state index in [0.29, 0.717) is 45.5 Å². The van der Waals surface area contributed by atoms with Crippen molar-refractivity contribution in [3.05, 3.63) is 28.2 Å².